The molecule has 9 nitrogen and oxygen atoms in total. The summed E-state index contributed by atoms with van der Waals surface area (Å²) in [5.74, 6) is -2.21. The topological polar surface area (TPSA) is 114 Å². The van der Waals surface area contributed by atoms with Gasteiger partial charge in [-0.05, 0) is 52.4 Å². The minimum Gasteiger partial charge on any atom is -0.466 e. The Hall–Kier alpha value is -2.16. The lowest BCUT2D eigenvalue weighted by atomic mass is 9.83. The molecule has 176 valence electrons. The molecule has 0 aromatic rings. The van der Waals surface area contributed by atoms with Gasteiger partial charge in [-0.25, -0.2) is 0 Å². The zero-order chi connectivity index (χ0) is 23.0. The quantitative estimate of drug-likeness (QED) is 0.412. The van der Waals surface area contributed by atoms with Crippen LogP contribution in [0.25, 0.3) is 0 Å². The van der Waals surface area contributed by atoms with Crippen LogP contribution >= 0.6 is 0 Å². The number of carbonyl (C=O) groups is 4. The van der Waals surface area contributed by atoms with E-state index >= 15 is 0 Å². The van der Waals surface area contributed by atoms with Crippen LogP contribution in [0, 0.1) is 11.8 Å². The van der Waals surface area contributed by atoms with Crippen LogP contribution in [0.2, 0.25) is 0 Å². The first-order chi connectivity index (χ1) is 14.7. The maximum atomic E-state index is 12.3. The molecule has 0 spiro atoms. The largest absolute Gasteiger partial charge is 0.466 e. The van der Waals surface area contributed by atoms with Gasteiger partial charge < -0.3 is 23.7 Å². The summed E-state index contributed by atoms with van der Waals surface area (Å²) in [6, 6.07) is 0. The number of rotatable bonds is 8. The molecule has 2 aliphatic rings. The normalized spacial score (nSPS) is 30.7. The lowest BCUT2D eigenvalue weighted by molar-refractivity contribution is -0.191. The summed E-state index contributed by atoms with van der Waals surface area (Å²) in [6.07, 6.45) is 0.425. The van der Waals surface area contributed by atoms with Crippen LogP contribution in [0.5, 0.6) is 0 Å². The monoisotopic (exact) mass is 442 g/mol. The van der Waals surface area contributed by atoms with Gasteiger partial charge in [0.25, 0.3) is 0 Å². The fourth-order valence-corrected chi connectivity index (χ4v) is 4.36. The summed E-state index contributed by atoms with van der Waals surface area (Å²) in [4.78, 5) is 47.7. The van der Waals surface area contributed by atoms with Gasteiger partial charge in [0.2, 0.25) is 0 Å². The van der Waals surface area contributed by atoms with E-state index in [0.29, 0.717) is 38.5 Å². The molecule has 2 rings (SSSR count). The van der Waals surface area contributed by atoms with Crippen LogP contribution in [0.15, 0.2) is 0 Å². The van der Waals surface area contributed by atoms with Crippen molar-refractivity contribution in [3.8, 4) is 0 Å². The van der Waals surface area contributed by atoms with Crippen LogP contribution in [0.4, 0.5) is 0 Å². The number of esters is 4. The summed E-state index contributed by atoms with van der Waals surface area (Å²) in [5, 5.41) is 0. The highest BCUT2D eigenvalue weighted by atomic mass is 16.6. The SMILES string of the molecule is CCOC(=O)[C@@H]1CC[C@H](OC(C)=O)[C@H](O[C@@H]2C[C@H](C(=O)OCC)CC[C@H]2OC(C)=O)C1. The molecule has 2 saturated carbocycles. The van der Waals surface area contributed by atoms with Gasteiger partial charge >= 0.3 is 23.9 Å². The van der Waals surface area contributed by atoms with E-state index in [1.807, 2.05) is 0 Å². The van der Waals surface area contributed by atoms with Crippen molar-refractivity contribution in [3.05, 3.63) is 0 Å². The van der Waals surface area contributed by atoms with Crippen molar-refractivity contribution in [2.24, 2.45) is 11.8 Å². The molecule has 31 heavy (non-hydrogen) atoms. The fourth-order valence-electron chi connectivity index (χ4n) is 4.36. The molecule has 0 bridgehead atoms. The van der Waals surface area contributed by atoms with Gasteiger partial charge in [0.1, 0.15) is 12.2 Å². The van der Waals surface area contributed by atoms with Crippen molar-refractivity contribution >= 4 is 23.9 Å². The smallest absolute Gasteiger partial charge is 0.309 e. The molecule has 0 saturated heterocycles. The van der Waals surface area contributed by atoms with E-state index < -0.39 is 36.4 Å². The van der Waals surface area contributed by atoms with E-state index in [1.54, 1.807) is 13.8 Å². The van der Waals surface area contributed by atoms with Crippen molar-refractivity contribution in [2.75, 3.05) is 13.2 Å². The van der Waals surface area contributed by atoms with Crippen molar-refractivity contribution in [2.45, 2.75) is 90.6 Å². The van der Waals surface area contributed by atoms with Crippen LogP contribution in [0.1, 0.15) is 66.2 Å². The van der Waals surface area contributed by atoms with Crippen LogP contribution < -0.4 is 0 Å². The molecule has 6 atom stereocenters. The van der Waals surface area contributed by atoms with Gasteiger partial charge in [0.05, 0.1) is 37.3 Å². The molecule has 0 aromatic carbocycles. The van der Waals surface area contributed by atoms with E-state index in [0.717, 1.165) is 0 Å². The van der Waals surface area contributed by atoms with Crippen molar-refractivity contribution < 1.29 is 42.9 Å². The predicted molar refractivity (Wildman–Crippen MR) is 108 cm³/mol. The lowest BCUT2D eigenvalue weighted by Crippen LogP contribution is -2.48. The highest BCUT2D eigenvalue weighted by Crippen LogP contribution is 2.35. The summed E-state index contributed by atoms with van der Waals surface area (Å²) >= 11 is 0. The summed E-state index contributed by atoms with van der Waals surface area (Å²) in [6.45, 7) is 6.72. The zero-order valence-electron chi connectivity index (χ0n) is 18.8. The molecule has 9 heteroatoms. The Morgan fingerprint density at radius 3 is 1.35 bits per heavy atom. The Balaban J connectivity index is 2.17. The van der Waals surface area contributed by atoms with Crippen molar-refractivity contribution in [1.29, 1.82) is 0 Å². The van der Waals surface area contributed by atoms with E-state index in [-0.39, 0.29) is 37.0 Å². The summed E-state index contributed by atoms with van der Waals surface area (Å²) in [7, 11) is 0. The molecule has 0 radical (unpaired) electrons. The third-order valence-corrected chi connectivity index (χ3v) is 5.69. The maximum absolute atomic E-state index is 12.3. The number of ether oxygens (including phenoxy) is 5. The van der Waals surface area contributed by atoms with Crippen LogP contribution in [-0.4, -0.2) is 61.5 Å². The van der Waals surface area contributed by atoms with Gasteiger partial charge in [-0.15, -0.1) is 0 Å². The Labute approximate surface area is 183 Å². The van der Waals surface area contributed by atoms with Crippen LogP contribution in [0.3, 0.4) is 0 Å². The average Bonchev–Trinajstić information content (AvgIpc) is 2.70. The van der Waals surface area contributed by atoms with Crippen molar-refractivity contribution in [3.63, 3.8) is 0 Å². The molecule has 0 N–H and O–H groups in total. The minimum absolute atomic E-state index is 0.284. The number of carbonyl (C=O) groups excluding carboxylic acids is 4. The highest BCUT2D eigenvalue weighted by molar-refractivity contribution is 5.73. The molecular weight excluding hydrogens is 408 g/mol. The summed E-state index contributed by atoms with van der Waals surface area (Å²) in [5.41, 5.74) is 0. The molecular formula is C22H34O9. The second kappa shape index (κ2) is 12.0. The summed E-state index contributed by atoms with van der Waals surface area (Å²) < 4.78 is 27.5. The molecule has 2 aliphatic carbocycles. The van der Waals surface area contributed by atoms with Crippen LogP contribution in [-0.2, 0) is 42.9 Å². The zero-order valence-corrected chi connectivity index (χ0v) is 18.8. The fraction of sp³-hybridized carbons (Fsp3) is 0.818. The Morgan fingerprint density at radius 2 is 1.03 bits per heavy atom. The molecule has 0 aromatic heterocycles. The molecule has 0 aliphatic heterocycles. The molecule has 0 amide bonds. The van der Waals surface area contributed by atoms with Gasteiger partial charge in [0.15, 0.2) is 0 Å². The number of hydrogen-bond acceptors (Lipinski definition) is 9. The van der Waals surface area contributed by atoms with E-state index in [2.05, 4.69) is 0 Å². The van der Waals surface area contributed by atoms with Gasteiger partial charge in [-0.3, -0.25) is 19.2 Å². The Kier molecular flexibility index (Phi) is 9.74. The second-order valence-corrected chi connectivity index (χ2v) is 8.03. The van der Waals surface area contributed by atoms with Gasteiger partial charge in [-0.2, -0.15) is 0 Å². The Bertz CT molecular complexity index is 593. The first kappa shape index (κ1) is 25.1. The second-order valence-electron chi connectivity index (χ2n) is 8.03. The Morgan fingerprint density at radius 1 is 0.645 bits per heavy atom. The first-order valence-electron chi connectivity index (χ1n) is 11.1. The first-order valence-corrected chi connectivity index (χ1v) is 11.1. The van der Waals surface area contributed by atoms with E-state index in [1.165, 1.54) is 13.8 Å². The third kappa shape index (κ3) is 7.48. The van der Waals surface area contributed by atoms with E-state index in [4.69, 9.17) is 23.7 Å². The lowest BCUT2D eigenvalue weighted by Gasteiger charge is -2.40. The van der Waals surface area contributed by atoms with Gasteiger partial charge in [0, 0.05) is 13.8 Å². The maximum Gasteiger partial charge on any atom is 0.309 e. The highest BCUT2D eigenvalue weighted by Gasteiger charge is 2.43. The predicted octanol–water partition coefficient (Wildman–Crippen LogP) is 2.33. The average molecular weight is 443 g/mol. The standard InChI is InChI=1S/C22H34O9/c1-5-27-21(25)15-7-9-17(29-13(3)23)19(11-15)31-20-12-16(22(26)28-6-2)8-10-18(20)30-14(4)24/h15-20H,5-12H2,1-4H3/t15-,16-,17-,18+,19-,20-/m1/s1. The molecule has 0 unspecified atom stereocenters. The third-order valence-electron chi connectivity index (χ3n) is 5.69. The molecule has 2 fully saturated rings. The number of hydrogen-bond donors (Lipinski definition) is 0. The van der Waals surface area contributed by atoms with Gasteiger partial charge in [-0.1, -0.05) is 0 Å². The van der Waals surface area contributed by atoms with E-state index in [9.17, 15) is 19.2 Å². The minimum atomic E-state index is -0.573. The molecule has 0 heterocycles. The van der Waals surface area contributed by atoms with Crippen molar-refractivity contribution in [1.82, 2.24) is 0 Å².